The van der Waals surface area contributed by atoms with Gasteiger partial charge in [-0.05, 0) is 16.8 Å². The first-order valence-corrected chi connectivity index (χ1v) is 5.65. The van der Waals surface area contributed by atoms with E-state index in [0.29, 0.717) is 0 Å². The molecule has 0 aliphatic heterocycles. The van der Waals surface area contributed by atoms with E-state index in [9.17, 15) is 0 Å². The normalized spacial score (nSPS) is 11.8. The molecule has 0 saturated carbocycles. The van der Waals surface area contributed by atoms with Gasteiger partial charge < -0.3 is 0 Å². The SMILES string of the molecule is C[n+]1c2ccccc2[n+]2[nH]c3ccccc3n12. The lowest BCUT2D eigenvalue weighted by molar-refractivity contribution is -0.841. The number of para-hydroxylation sites is 4. The van der Waals surface area contributed by atoms with Gasteiger partial charge in [-0.2, -0.15) is 0 Å². The zero-order chi connectivity index (χ0) is 11.4. The summed E-state index contributed by atoms with van der Waals surface area (Å²) in [4.78, 5) is 0. The molecule has 4 heteroatoms. The van der Waals surface area contributed by atoms with Crippen molar-refractivity contribution in [2.45, 2.75) is 0 Å². The maximum Gasteiger partial charge on any atom is 0.342 e. The van der Waals surface area contributed by atoms with Crippen LogP contribution < -0.4 is 9.31 Å². The van der Waals surface area contributed by atoms with Gasteiger partial charge in [0.2, 0.25) is 5.52 Å². The van der Waals surface area contributed by atoms with Crippen molar-refractivity contribution in [3.63, 3.8) is 0 Å². The Balaban J connectivity index is 2.40. The summed E-state index contributed by atoms with van der Waals surface area (Å²) in [5, 5.41) is 3.40. The molecule has 0 radical (unpaired) electrons. The van der Waals surface area contributed by atoms with Crippen LogP contribution in [0.25, 0.3) is 22.1 Å². The fourth-order valence-electron chi connectivity index (χ4n) is 2.49. The van der Waals surface area contributed by atoms with E-state index in [4.69, 9.17) is 0 Å². The number of aromatic amines is 1. The highest BCUT2D eigenvalue weighted by atomic mass is 15.6. The van der Waals surface area contributed by atoms with Crippen LogP contribution in [0.4, 0.5) is 0 Å². The highest BCUT2D eigenvalue weighted by Gasteiger charge is 2.27. The first-order valence-electron chi connectivity index (χ1n) is 5.65. The Hall–Kier alpha value is -2.36. The Morgan fingerprint density at radius 2 is 1.65 bits per heavy atom. The Bertz CT molecular complexity index is 848. The number of rotatable bonds is 0. The first-order chi connectivity index (χ1) is 8.36. The zero-order valence-electron chi connectivity index (χ0n) is 9.46. The summed E-state index contributed by atoms with van der Waals surface area (Å²) < 4.78 is 6.36. The number of H-pyrrole nitrogens is 1. The lowest BCUT2D eigenvalue weighted by atomic mass is 10.3. The second kappa shape index (κ2) is 2.85. The average Bonchev–Trinajstić information content (AvgIpc) is 2.88. The molecule has 82 valence electrons. The second-order valence-corrected chi connectivity index (χ2v) is 4.24. The molecule has 0 fully saturated rings. The maximum atomic E-state index is 3.40. The number of fused-ring (bicyclic) bond motifs is 5. The molecule has 0 bridgehead atoms. The summed E-state index contributed by atoms with van der Waals surface area (Å²) in [5.74, 6) is 0. The zero-order valence-corrected chi connectivity index (χ0v) is 9.46. The second-order valence-electron chi connectivity index (χ2n) is 4.24. The van der Waals surface area contributed by atoms with Crippen molar-refractivity contribution in [3.05, 3.63) is 48.5 Å². The maximum absolute atomic E-state index is 3.40. The molecular weight excluding hydrogens is 212 g/mol. The highest BCUT2D eigenvalue weighted by molar-refractivity contribution is 5.74. The smallest absolute Gasteiger partial charge is 0.130 e. The minimum Gasteiger partial charge on any atom is -0.130 e. The van der Waals surface area contributed by atoms with E-state index in [0.717, 1.165) is 5.52 Å². The summed E-state index contributed by atoms with van der Waals surface area (Å²) in [6, 6.07) is 16.7. The number of benzene rings is 2. The Morgan fingerprint density at radius 3 is 2.53 bits per heavy atom. The topological polar surface area (TPSA) is 28.2 Å². The van der Waals surface area contributed by atoms with Gasteiger partial charge in [0.1, 0.15) is 10.1 Å². The van der Waals surface area contributed by atoms with Crippen molar-refractivity contribution in [2.75, 3.05) is 0 Å². The summed E-state index contributed by atoms with van der Waals surface area (Å²) in [6.07, 6.45) is 0. The molecule has 0 atom stereocenters. The number of aryl methyl sites for hydroxylation is 1. The van der Waals surface area contributed by atoms with Crippen LogP contribution in [0.5, 0.6) is 0 Å². The van der Waals surface area contributed by atoms with Gasteiger partial charge >= 0.3 is 11.0 Å². The van der Waals surface area contributed by atoms with Crippen LogP contribution in [0, 0.1) is 0 Å². The van der Waals surface area contributed by atoms with E-state index in [1.54, 1.807) is 0 Å². The van der Waals surface area contributed by atoms with Gasteiger partial charge in [-0.3, -0.25) is 0 Å². The van der Waals surface area contributed by atoms with E-state index < -0.39 is 0 Å². The van der Waals surface area contributed by atoms with Crippen molar-refractivity contribution in [3.8, 4) is 0 Å². The molecular formula is C13H12N4+2. The third kappa shape index (κ3) is 0.970. The number of nitrogens with one attached hydrogen (secondary N) is 1. The molecule has 4 rings (SSSR count). The van der Waals surface area contributed by atoms with Crippen LogP contribution in [0.2, 0.25) is 0 Å². The average molecular weight is 224 g/mol. The van der Waals surface area contributed by atoms with Gasteiger partial charge in [0, 0.05) is 12.1 Å². The predicted molar refractivity (Wildman–Crippen MR) is 63.6 cm³/mol. The molecule has 0 amide bonds. The Kier molecular flexibility index (Phi) is 1.47. The summed E-state index contributed by atoms with van der Waals surface area (Å²) in [5.41, 5.74) is 4.68. The van der Waals surface area contributed by atoms with E-state index in [1.807, 2.05) is 6.07 Å². The molecule has 1 N–H and O–H groups in total. The van der Waals surface area contributed by atoms with Gasteiger partial charge in [-0.15, -0.1) is 5.10 Å². The minimum absolute atomic E-state index is 1.13. The fourth-order valence-corrected chi connectivity index (χ4v) is 2.49. The van der Waals surface area contributed by atoms with Crippen LogP contribution in [-0.4, -0.2) is 9.73 Å². The van der Waals surface area contributed by atoms with E-state index in [2.05, 4.69) is 68.6 Å². The van der Waals surface area contributed by atoms with Gasteiger partial charge in [-0.25, -0.2) is 0 Å². The van der Waals surface area contributed by atoms with Crippen molar-refractivity contribution >= 4 is 22.1 Å². The van der Waals surface area contributed by atoms with Gasteiger partial charge in [0.25, 0.3) is 0 Å². The number of nitrogens with zero attached hydrogens (tertiary/aromatic N) is 3. The summed E-state index contributed by atoms with van der Waals surface area (Å²) in [7, 11) is 2.07. The van der Waals surface area contributed by atoms with Crippen LogP contribution in [0.15, 0.2) is 48.5 Å². The largest absolute Gasteiger partial charge is 0.342 e. The minimum atomic E-state index is 1.13. The molecule has 2 aromatic carbocycles. The molecule has 0 saturated heterocycles. The fraction of sp³-hybridized carbons (Fsp3) is 0.0769. The van der Waals surface area contributed by atoms with E-state index in [-0.39, 0.29) is 0 Å². The molecule has 0 aliphatic rings. The van der Waals surface area contributed by atoms with Crippen molar-refractivity contribution < 1.29 is 9.31 Å². The number of hydrogen-bond acceptors (Lipinski definition) is 0. The van der Waals surface area contributed by atoms with E-state index in [1.165, 1.54) is 16.6 Å². The number of hydrogen-bond donors (Lipinski definition) is 1. The molecule has 2 aromatic heterocycles. The monoisotopic (exact) mass is 224 g/mol. The Labute approximate surface area is 97.3 Å². The molecule has 2 heterocycles. The first kappa shape index (κ1) is 8.75. The number of aromatic nitrogens is 4. The Morgan fingerprint density at radius 1 is 0.941 bits per heavy atom. The molecule has 17 heavy (non-hydrogen) atoms. The quantitative estimate of drug-likeness (QED) is 0.431. The summed E-state index contributed by atoms with van der Waals surface area (Å²) in [6.45, 7) is 0. The third-order valence-electron chi connectivity index (χ3n) is 3.28. The van der Waals surface area contributed by atoms with Gasteiger partial charge in [0.05, 0.1) is 4.63 Å². The molecule has 0 spiro atoms. The van der Waals surface area contributed by atoms with Crippen molar-refractivity contribution in [1.82, 2.24) is 9.73 Å². The van der Waals surface area contributed by atoms with Crippen molar-refractivity contribution in [2.24, 2.45) is 7.05 Å². The van der Waals surface area contributed by atoms with Crippen LogP contribution >= 0.6 is 0 Å². The highest BCUT2D eigenvalue weighted by Crippen LogP contribution is 2.10. The molecule has 4 nitrogen and oxygen atoms in total. The lowest BCUT2D eigenvalue weighted by Gasteiger charge is -1.82. The molecule has 0 aliphatic carbocycles. The lowest BCUT2D eigenvalue weighted by Crippen LogP contribution is -2.43. The predicted octanol–water partition coefficient (Wildman–Crippen LogP) is 0.984. The van der Waals surface area contributed by atoms with Gasteiger partial charge in [0.15, 0.2) is 7.05 Å². The van der Waals surface area contributed by atoms with Crippen LogP contribution in [0.1, 0.15) is 0 Å². The molecule has 0 unspecified atom stereocenters. The summed E-state index contributed by atoms with van der Waals surface area (Å²) >= 11 is 0. The van der Waals surface area contributed by atoms with Crippen LogP contribution in [0.3, 0.4) is 0 Å². The molecule has 4 aromatic rings. The van der Waals surface area contributed by atoms with Gasteiger partial charge in [-0.1, -0.05) is 24.3 Å². The van der Waals surface area contributed by atoms with Crippen LogP contribution in [-0.2, 0) is 7.05 Å². The van der Waals surface area contributed by atoms with Crippen molar-refractivity contribution in [1.29, 1.82) is 0 Å². The van der Waals surface area contributed by atoms with E-state index >= 15 is 0 Å². The standard InChI is InChI=1S/C13H11N4/c1-15-12-8-4-5-9-13(12)16-14-10-6-2-3-7-11(10)17(15)16/h2-9H,1H3/q+1/p+1. The third-order valence-corrected chi connectivity index (χ3v) is 3.28.